The third-order valence-corrected chi connectivity index (χ3v) is 4.44. The number of hydrogen-bond acceptors (Lipinski definition) is 4. The number of rotatable bonds is 6. The zero-order valence-corrected chi connectivity index (χ0v) is 16.3. The number of ketones is 1. The predicted octanol–water partition coefficient (Wildman–Crippen LogP) is 4.76. The van der Waals surface area contributed by atoms with Gasteiger partial charge >= 0.3 is 5.97 Å². The van der Waals surface area contributed by atoms with E-state index in [0.29, 0.717) is 16.3 Å². The number of benzene rings is 3. The zero-order valence-electron chi connectivity index (χ0n) is 15.6. The van der Waals surface area contributed by atoms with E-state index < -0.39 is 18.0 Å². The maximum absolute atomic E-state index is 12.8. The molecule has 0 bridgehead atoms. The highest BCUT2D eigenvalue weighted by Crippen LogP contribution is 2.17. The molecule has 1 N–H and O–H groups in total. The van der Waals surface area contributed by atoms with Crippen molar-refractivity contribution >= 4 is 34.9 Å². The van der Waals surface area contributed by atoms with Crippen molar-refractivity contribution in [3.05, 3.63) is 101 Å². The average molecular weight is 408 g/mol. The molecule has 0 unspecified atom stereocenters. The Bertz CT molecular complexity index is 1030. The number of ether oxygens (including phenoxy) is 1. The highest BCUT2D eigenvalue weighted by atomic mass is 35.5. The molecule has 0 saturated heterocycles. The van der Waals surface area contributed by atoms with Crippen molar-refractivity contribution in [1.29, 1.82) is 0 Å². The highest BCUT2D eigenvalue weighted by Gasteiger charge is 2.23. The van der Waals surface area contributed by atoms with E-state index in [2.05, 4.69) is 5.32 Å². The fourth-order valence-electron chi connectivity index (χ4n) is 2.66. The van der Waals surface area contributed by atoms with Crippen LogP contribution in [0.15, 0.2) is 78.9 Å². The maximum Gasteiger partial charge on any atom is 0.339 e. The first-order valence-corrected chi connectivity index (χ1v) is 9.29. The van der Waals surface area contributed by atoms with Crippen molar-refractivity contribution in [2.24, 2.45) is 0 Å². The van der Waals surface area contributed by atoms with Crippen LogP contribution in [0.5, 0.6) is 0 Å². The summed E-state index contributed by atoms with van der Waals surface area (Å²) in [4.78, 5) is 37.7. The number of anilines is 1. The lowest BCUT2D eigenvalue weighted by Crippen LogP contribution is -2.30. The van der Waals surface area contributed by atoms with E-state index in [-0.39, 0.29) is 16.9 Å². The van der Waals surface area contributed by atoms with Gasteiger partial charge in [-0.1, -0.05) is 60.1 Å². The third-order valence-electron chi connectivity index (χ3n) is 4.19. The maximum atomic E-state index is 12.8. The van der Waals surface area contributed by atoms with Crippen molar-refractivity contribution in [1.82, 2.24) is 0 Å². The van der Waals surface area contributed by atoms with Gasteiger partial charge in [0.15, 0.2) is 11.9 Å². The van der Waals surface area contributed by atoms with Gasteiger partial charge in [-0.25, -0.2) is 4.79 Å². The molecule has 5 nitrogen and oxygen atoms in total. The molecule has 0 spiro atoms. The Morgan fingerprint density at radius 2 is 1.41 bits per heavy atom. The normalized spacial score (nSPS) is 11.4. The SMILES string of the molecule is C[C@H](OC(=O)c1ccccc1C(=O)c1ccccc1)C(=O)Nc1ccc(Cl)cc1. The highest BCUT2D eigenvalue weighted by molar-refractivity contribution is 6.30. The van der Waals surface area contributed by atoms with Crippen molar-refractivity contribution in [3.8, 4) is 0 Å². The molecule has 0 aliphatic carbocycles. The summed E-state index contributed by atoms with van der Waals surface area (Å²) < 4.78 is 5.29. The summed E-state index contributed by atoms with van der Waals surface area (Å²) in [6.45, 7) is 1.46. The summed E-state index contributed by atoms with van der Waals surface area (Å²) >= 11 is 5.82. The Morgan fingerprint density at radius 3 is 2.07 bits per heavy atom. The van der Waals surface area contributed by atoms with Crippen LogP contribution in [-0.2, 0) is 9.53 Å². The molecule has 0 aromatic heterocycles. The summed E-state index contributed by atoms with van der Waals surface area (Å²) in [7, 11) is 0. The molecule has 6 heteroatoms. The Balaban J connectivity index is 1.73. The second kappa shape index (κ2) is 9.17. The van der Waals surface area contributed by atoms with Crippen LogP contribution in [0.2, 0.25) is 5.02 Å². The Hall–Kier alpha value is -3.44. The molecular weight excluding hydrogens is 390 g/mol. The van der Waals surface area contributed by atoms with Gasteiger partial charge in [0.2, 0.25) is 0 Å². The average Bonchev–Trinajstić information content (AvgIpc) is 2.75. The van der Waals surface area contributed by atoms with Crippen LogP contribution in [0, 0.1) is 0 Å². The topological polar surface area (TPSA) is 72.5 Å². The summed E-state index contributed by atoms with van der Waals surface area (Å²) in [6.07, 6.45) is -1.06. The Labute approximate surface area is 173 Å². The Morgan fingerprint density at radius 1 is 0.828 bits per heavy atom. The first kappa shape index (κ1) is 20.3. The molecule has 1 amide bonds. The van der Waals surface area contributed by atoms with E-state index in [1.165, 1.54) is 13.0 Å². The van der Waals surface area contributed by atoms with Crippen molar-refractivity contribution in [2.45, 2.75) is 13.0 Å². The van der Waals surface area contributed by atoms with E-state index in [0.717, 1.165) is 0 Å². The summed E-state index contributed by atoms with van der Waals surface area (Å²) in [5.41, 5.74) is 1.31. The minimum absolute atomic E-state index is 0.104. The van der Waals surface area contributed by atoms with E-state index >= 15 is 0 Å². The monoisotopic (exact) mass is 407 g/mol. The molecule has 0 aliphatic heterocycles. The first-order valence-electron chi connectivity index (χ1n) is 8.92. The van der Waals surface area contributed by atoms with Crippen molar-refractivity contribution < 1.29 is 19.1 Å². The Kier molecular flexibility index (Phi) is 6.42. The van der Waals surface area contributed by atoms with Gasteiger partial charge in [0.1, 0.15) is 0 Å². The minimum atomic E-state index is -1.06. The molecule has 3 aromatic carbocycles. The quantitative estimate of drug-likeness (QED) is 0.472. The molecule has 29 heavy (non-hydrogen) atoms. The second-order valence-electron chi connectivity index (χ2n) is 6.28. The summed E-state index contributed by atoms with van der Waals surface area (Å²) in [6, 6.07) is 21.6. The number of hydrogen-bond donors (Lipinski definition) is 1. The van der Waals surface area contributed by atoms with E-state index in [9.17, 15) is 14.4 Å². The van der Waals surface area contributed by atoms with Crippen LogP contribution < -0.4 is 5.32 Å². The van der Waals surface area contributed by atoms with Crippen LogP contribution in [0.25, 0.3) is 0 Å². The number of amides is 1. The predicted molar refractivity (Wildman–Crippen MR) is 111 cm³/mol. The number of halogens is 1. The molecule has 3 aromatic rings. The number of carbonyl (C=O) groups excluding carboxylic acids is 3. The lowest BCUT2D eigenvalue weighted by atomic mass is 9.98. The van der Waals surface area contributed by atoms with Crippen LogP contribution in [0.3, 0.4) is 0 Å². The first-order chi connectivity index (χ1) is 14.0. The molecule has 0 fully saturated rings. The largest absolute Gasteiger partial charge is 0.449 e. The molecular formula is C23H18ClNO4. The summed E-state index contributed by atoms with van der Waals surface area (Å²) in [5, 5.41) is 3.19. The fraction of sp³-hybridized carbons (Fsp3) is 0.0870. The van der Waals surface area contributed by atoms with E-state index in [4.69, 9.17) is 16.3 Å². The molecule has 0 saturated carbocycles. The number of esters is 1. The number of carbonyl (C=O) groups is 3. The zero-order chi connectivity index (χ0) is 20.8. The molecule has 0 heterocycles. The van der Waals surface area contributed by atoms with Gasteiger partial charge in [0, 0.05) is 21.8 Å². The minimum Gasteiger partial charge on any atom is -0.449 e. The van der Waals surface area contributed by atoms with Crippen LogP contribution in [-0.4, -0.2) is 23.8 Å². The van der Waals surface area contributed by atoms with Gasteiger partial charge in [-0.2, -0.15) is 0 Å². The summed E-state index contributed by atoms with van der Waals surface area (Å²) in [5.74, 6) is -1.53. The second-order valence-corrected chi connectivity index (χ2v) is 6.72. The standard InChI is InChI=1S/C23H18ClNO4/c1-15(22(27)25-18-13-11-17(24)12-14-18)29-23(28)20-10-6-5-9-19(20)21(26)16-7-3-2-4-8-16/h2-15H,1H3,(H,25,27)/t15-/m0/s1. The van der Waals surface area contributed by atoms with Gasteiger partial charge in [0.05, 0.1) is 5.56 Å². The van der Waals surface area contributed by atoms with Crippen LogP contribution in [0.4, 0.5) is 5.69 Å². The van der Waals surface area contributed by atoms with Gasteiger partial charge in [-0.15, -0.1) is 0 Å². The van der Waals surface area contributed by atoms with Crippen molar-refractivity contribution in [2.75, 3.05) is 5.32 Å². The molecule has 0 radical (unpaired) electrons. The number of nitrogens with one attached hydrogen (secondary N) is 1. The van der Waals surface area contributed by atoms with Crippen molar-refractivity contribution in [3.63, 3.8) is 0 Å². The lowest BCUT2D eigenvalue weighted by Gasteiger charge is -2.15. The molecule has 3 rings (SSSR count). The smallest absolute Gasteiger partial charge is 0.339 e. The van der Waals surface area contributed by atoms with Gasteiger partial charge in [-0.3, -0.25) is 9.59 Å². The van der Waals surface area contributed by atoms with Gasteiger partial charge in [0.25, 0.3) is 5.91 Å². The van der Waals surface area contributed by atoms with E-state index in [1.807, 2.05) is 0 Å². The lowest BCUT2D eigenvalue weighted by molar-refractivity contribution is -0.123. The molecule has 146 valence electrons. The fourth-order valence-corrected chi connectivity index (χ4v) is 2.78. The van der Waals surface area contributed by atoms with Gasteiger partial charge in [-0.05, 0) is 37.3 Å². The van der Waals surface area contributed by atoms with Gasteiger partial charge < -0.3 is 10.1 Å². The molecule has 0 aliphatic rings. The van der Waals surface area contributed by atoms with Crippen LogP contribution in [0.1, 0.15) is 33.2 Å². The molecule has 1 atom stereocenters. The van der Waals surface area contributed by atoms with E-state index in [1.54, 1.807) is 72.8 Å². The van der Waals surface area contributed by atoms with Crippen LogP contribution >= 0.6 is 11.6 Å². The third kappa shape index (κ3) is 5.09.